The van der Waals surface area contributed by atoms with Gasteiger partial charge in [0.05, 0.1) is 25.1 Å². The molecule has 0 aliphatic carbocycles. The van der Waals surface area contributed by atoms with Crippen LogP contribution in [0.15, 0.2) is 12.4 Å². The Bertz CT molecular complexity index is 499. The Balaban J connectivity index is 2.25. The molecule has 1 aliphatic rings. The maximum Gasteiger partial charge on any atom is 0.159 e. The average Bonchev–Trinajstić information content (AvgIpc) is 2.47. The highest BCUT2D eigenvalue weighted by Crippen LogP contribution is 2.38. The molecule has 0 bridgehead atoms. The lowest BCUT2D eigenvalue weighted by atomic mass is 9.72. The molecule has 0 N–H and O–H groups in total. The van der Waals surface area contributed by atoms with E-state index < -0.39 is 5.82 Å². The van der Waals surface area contributed by atoms with Gasteiger partial charge in [0, 0.05) is 24.0 Å². The van der Waals surface area contributed by atoms with E-state index in [0.29, 0.717) is 11.7 Å². The molecule has 2 heterocycles. The van der Waals surface area contributed by atoms with Crippen molar-refractivity contribution in [2.24, 2.45) is 5.92 Å². The summed E-state index contributed by atoms with van der Waals surface area (Å²) in [4.78, 5) is 10.9. The van der Waals surface area contributed by atoms with Crippen LogP contribution in [-0.4, -0.2) is 46.2 Å². The van der Waals surface area contributed by atoms with Crippen molar-refractivity contribution in [1.82, 2.24) is 14.9 Å². The molecular formula is C17H28FN3O. The minimum atomic E-state index is -0.399. The molecular weight excluding hydrogens is 281 g/mol. The van der Waals surface area contributed by atoms with Crippen LogP contribution in [0, 0.1) is 11.7 Å². The van der Waals surface area contributed by atoms with E-state index >= 15 is 0 Å². The molecule has 0 spiro atoms. The van der Waals surface area contributed by atoms with Gasteiger partial charge in [0.15, 0.2) is 5.82 Å². The van der Waals surface area contributed by atoms with E-state index in [4.69, 9.17) is 4.74 Å². The largest absolute Gasteiger partial charge is 0.375 e. The van der Waals surface area contributed by atoms with Crippen molar-refractivity contribution in [2.75, 3.05) is 19.7 Å². The van der Waals surface area contributed by atoms with Gasteiger partial charge in [0.1, 0.15) is 5.82 Å². The number of aromatic nitrogens is 2. The molecule has 124 valence electrons. The fraction of sp³-hybridized carbons (Fsp3) is 0.765. The molecule has 2 rings (SSSR count). The first-order chi connectivity index (χ1) is 10.2. The zero-order chi connectivity index (χ0) is 16.5. The van der Waals surface area contributed by atoms with E-state index in [1.54, 1.807) is 0 Å². The fourth-order valence-corrected chi connectivity index (χ4v) is 2.89. The van der Waals surface area contributed by atoms with Crippen molar-refractivity contribution in [2.45, 2.75) is 58.6 Å². The van der Waals surface area contributed by atoms with E-state index in [-0.39, 0.29) is 17.1 Å². The SMILES string of the molecule is CC(C)C1CN(C(C)(C)C(C)(C)c2ncc(F)cn2)CCO1. The van der Waals surface area contributed by atoms with E-state index in [2.05, 4.69) is 56.4 Å². The monoisotopic (exact) mass is 309 g/mol. The first-order valence-corrected chi connectivity index (χ1v) is 8.01. The normalized spacial score (nSPS) is 21.4. The van der Waals surface area contributed by atoms with Gasteiger partial charge < -0.3 is 4.74 Å². The molecule has 4 nitrogen and oxygen atoms in total. The highest BCUT2D eigenvalue weighted by Gasteiger charge is 2.46. The third-order valence-corrected chi connectivity index (χ3v) is 5.34. The fourth-order valence-electron chi connectivity index (χ4n) is 2.89. The molecule has 22 heavy (non-hydrogen) atoms. The minimum absolute atomic E-state index is 0.165. The van der Waals surface area contributed by atoms with E-state index in [9.17, 15) is 4.39 Å². The van der Waals surface area contributed by atoms with Crippen molar-refractivity contribution in [1.29, 1.82) is 0 Å². The number of morpholine rings is 1. The molecule has 1 aliphatic heterocycles. The Morgan fingerprint density at radius 1 is 1.23 bits per heavy atom. The van der Waals surface area contributed by atoms with Crippen LogP contribution in [0.2, 0.25) is 0 Å². The van der Waals surface area contributed by atoms with Crippen LogP contribution in [0.4, 0.5) is 4.39 Å². The van der Waals surface area contributed by atoms with Crippen molar-refractivity contribution in [3.8, 4) is 0 Å². The maximum absolute atomic E-state index is 13.1. The molecule has 0 saturated carbocycles. The highest BCUT2D eigenvalue weighted by atomic mass is 19.1. The lowest BCUT2D eigenvalue weighted by molar-refractivity contribution is -0.0942. The van der Waals surface area contributed by atoms with Crippen molar-refractivity contribution in [3.63, 3.8) is 0 Å². The summed E-state index contributed by atoms with van der Waals surface area (Å²) in [6, 6.07) is 0. The van der Waals surface area contributed by atoms with E-state index in [1.165, 1.54) is 12.4 Å². The number of rotatable bonds is 4. The van der Waals surface area contributed by atoms with Crippen LogP contribution in [0.5, 0.6) is 0 Å². The van der Waals surface area contributed by atoms with Gasteiger partial charge in [-0.25, -0.2) is 14.4 Å². The molecule has 1 aromatic rings. The predicted molar refractivity (Wildman–Crippen MR) is 85.2 cm³/mol. The molecule has 0 radical (unpaired) electrons. The summed E-state index contributed by atoms with van der Waals surface area (Å²) in [5.74, 6) is 0.763. The average molecular weight is 309 g/mol. The summed E-state index contributed by atoms with van der Waals surface area (Å²) in [5.41, 5.74) is -0.471. The Morgan fingerprint density at radius 3 is 2.36 bits per heavy atom. The summed E-state index contributed by atoms with van der Waals surface area (Å²) < 4.78 is 19.0. The molecule has 1 fully saturated rings. The van der Waals surface area contributed by atoms with Gasteiger partial charge in [0.25, 0.3) is 0 Å². The molecule has 5 heteroatoms. The topological polar surface area (TPSA) is 38.2 Å². The van der Waals surface area contributed by atoms with Gasteiger partial charge >= 0.3 is 0 Å². The van der Waals surface area contributed by atoms with E-state index in [0.717, 1.165) is 19.7 Å². The second-order valence-corrected chi connectivity index (χ2v) is 7.51. The van der Waals surface area contributed by atoms with Crippen molar-refractivity contribution >= 4 is 0 Å². The highest BCUT2D eigenvalue weighted by molar-refractivity contribution is 5.15. The molecule has 1 atom stereocenters. The number of hydrogen-bond donors (Lipinski definition) is 0. The lowest BCUT2D eigenvalue weighted by Gasteiger charge is -2.51. The van der Waals surface area contributed by atoms with Crippen LogP contribution in [-0.2, 0) is 10.2 Å². The number of halogens is 1. The predicted octanol–water partition coefficient (Wildman–Crippen LogP) is 3.03. The molecule has 0 amide bonds. The number of hydrogen-bond acceptors (Lipinski definition) is 4. The first-order valence-electron chi connectivity index (χ1n) is 8.01. The summed E-state index contributed by atoms with van der Waals surface area (Å²) in [6.07, 6.45) is 2.74. The smallest absolute Gasteiger partial charge is 0.159 e. The Kier molecular flexibility index (Phi) is 4.87. The maximum atomic E-state index is 13.1. The minimum Gasteiger partial charge on any atom is -0.375 e. The van der Waals surface area contributed by atoms with Gasteiger partial charge in [-0.05, 0) is 19.8 Å². The third-order valence-electron chi connectivity index (χ3n) is 5.34. The van der Waals surface area contributed by atoms with Gasteiger partial charge in [-0.2, -0.15) is 0 Å². The Hall–Kier alpha value is -1.07. The second-order valence-electron chi connectivity index (χ2n) is 7.51. The van der Waals surface area contributed by atoms with Crippen LogP contribution < -0.4 is 0 Å². The summed E-state index contributed by atoms with van der Waals surface area (Å²) in [6.45, 7) is 15.6. The summed E-state index contributed by atoms with van der Waals surface area (Å²) in [7, 11) is 0. The van der Waals surface area contributed by atoms with Gasteiger partial charge in [-0.3, -0.25) is 4.90 Å². The second kappa shape index (κ2) is 6.20. The van der Waals surface area contributed by atoms with Crippen LogP contribution in [0.25, 0.3) is 0 Å². The number of nitrogens with zero attached hydrogens (tertiary/aromatic N) is 3. The van der Waals surface area contributed by atoms with Crippen LogP contribution in [0.3, 0.4) is 0 Å². The Morgan fingerprint density at radius 2 is 1.82 bits per heavy atom. The zero-order valence-electron chi connectivity index (χ0n) is 14.6. The standard InChI is InChI=1S/C17H28FN3O/c1-12(2)14-11-21(7-8-22-14)17(5,6)16(3,4)15-19-9-13(18)10-20-15/h9-10,12,14H,7-8,11H2,1-6H3. The first kappa shape index (κ1) is 17.3. The molecule has 0 aromatic carbocycles. The lowest BCUT2D eigenvalue weighted by Crippen LogP contribution is -2.61. The van der Waals surface area contributed by atoms with Gasteiger partial charge in [-0.1, -0.05) is 27.7 Å². The van der Waals surface area contributed by atoms with Crippen LogP contribution in [0.1, 0.15) is 47.4 Å². The zero-order valence-corrected chi connectivity index (χ0v) is 14.6. The number of ether oxygens (including phenoxy) is 1. The quantitative estimate of drug-likeness (QED) is 0.857. The van der Waals surface area contributed by atoms with E-state index in [1.807, 2.05) is 0 Å². The molecule has 1 saturated heterocycles. The summed E-state index contributed by atoms with van der Waals surface area (Å²) >= 11 is 0. The van der Waals surface area contributed by atoms with Crippen LogP contribution >= 0.6 is 0 Å². The third kappa shape index (κ3) is 3.15. The van der Waals surface area contributed by atoms with Crippen molar-refractivity contribution < 1.29 is 9.13 Å². The Labute approximate surface area is 133 Å². The van der Waals surface area contributed by atoms with Gasteiger partial charge in [-0.15, -0.1) is 0 Å². The summed E-state index contributed by atoms with van der Waals surface area (Å²) in [5, 5.41) is 0. The molecule has 1 aromatic heterocycles. The molecule has 1 unspecified atom stereocenters. The van der Waals surface area contributed by atoms with Crippen molar-refractivity contribution in [3.05, 3.63) is 24.0 Å². The van der Waals surface area contributed by atoms with Gasteiger partial charge in [0.2, 0.25) is 0 Å².